The Morgan fingerprint density at radius 3 is 2.83 bits per heavy atom. The van der Waals surface area contributed by atoms with Gasteiger partial charge in [-0.15, -0.1) is 0 Å². The van der Waals surface area contributed by atoms with E-state index in [1.165, 1.54) is 25.7 Å². The first kappa shape index (κ1) is 13.0. The predicted molar refractivity (Wildman–Crippen MR) is 73.6 cm³/mol. The van der Waals surface area contributed by atoms with E-state index < -0.39 is 0 Å². The van der Waals surface area contributed by atoms with Gasteiger partial charge in [0, 0.05) is 18.8 Å². The third-order valence-corrected chi connectivity index (χ3v) is 3.77. The predicted octanol–water partition coefficient (Wildman–Crippen LogP) is 2.13. The van der Waals surface area contributed by atoms with Gasteiger partial charge in [0.25, 0.3) is 0 Å². The largest absolute Gasteiger partial charge is 0.382 e. The average Bonchev–Trinajstić information content (AvgIpc) is 2.90. The lowest BCUT2D eigenvalue weighted by Gasteiger charge is -2.27. The Kier molecular flexibility index (Phi) is 4.31. The zero-order chi connectivity index (χ0) is 13.0. The highest BCUT2D eigenvalue weighted by Crippen LogP contribution is 2.25. The monoisotopic (exact) mass is 246 g/mol. The number of rotatable bonds is 5. The van der Waals surface area contributed by atoms with Crippen molar-refractivity contribution in [2.24, 2.45) is 5.73 Å². The van der Waals surface area contributed by atoms with Crippen molar-refractivity contribution in [1.29, 1.82) is 5.41 Å². The van der Waals surface area contributed by atoms with E-state index in [0.717, 1.165) is 18.7 Å². The van der Waals surface area contributed by atoms with Crippen molar-refractivity contribution < 1.29 is 0 Å². The summed E-state index contributed by atoms with van der Waals surface area (Å²) in [5.74, 6) is 0.0630. The van der Waals surface area contributed by atoms with Crippen LogP contribution >= 0.6 is 0 Å². The molecule has 0 amide bonds. The molecule has 0 saturated heterocycles. The SMILES string of the molecule is CCN(Cc1cccnc1C(=N)N)C1CCCC1. The van der Waals surface area contributed by atoms with Crippen molar-refractivity contribution in [2.45, 2.75) is 45.2 Å². The molecule has 0 spiro atoms. The maximum Gasteiger partial charge on any atom is 0.142 e. The summed E-state index contributed by atoms with van der Waals surface area (Å²) in [6, 6.07) is 4.64. The lowest BCUT2D eigenvalue weighted by atomic mass is 10.1. The lowest BCUT2D eigenvalue weighted by Crippen LogP contribution is -2.33. The smallest absolute Gasteiger partial charge is 0.142 e. The molecule has 1 fully saturated rings. The van der Waals surface area contributed by atoms with E-state index in [2.05, 4.69) is 16.8 Å². The second-order valence-corrected chi connectivity index (χ2v) is 4.93. The molecule has 3 N–H and O–H groups in total. The van der Waals surface area contributed by atoms with Gasteiger partial charge in [0.15, 0.2) is 0 Å². The third kappa shape index (κ3) is 2.88. The Hall–Kier alpha value is -1.42. The molecule has 4 heteroatoms. The highest BCUT2D eigenvalue weighted by molar-refractivity contribution is 5.94. The fourth-order valence-corrected chi connectivity index (χ4v) is 2.80. The van der Waals surface area contributed by atoms with Crippen LogP contribution in [-0.2, 0) is 6.54 Å². The number of nitrogens with zero attached hydrogens (tertiary/aromatic N) is 2. The van der Waals surface area contributed by atoms with Crippen LogP contribution < -0.4 is 5.73 Å². The molecular weight excluding hydrogens is 224 g/mol. The highest BCUT2D eigenvalue weighted by atomic mass is 15.1. The van der Waals surface area contributed by atoms with Gasteiger partial charge in [-0.2, -0.15) is 0 Å². The van der Waals surface area contributed by atoms with E-state index in [1.807, 2.05) is 12.1 Å². The normalized spacial score (nSPS) is 16.3. The minimum absolute atomic E-state index is 0.0630. The zero-order valence-electron chi connectivity index (χ0n) is 11.0. The average molecular weight is 246 g/mol. The number of nitrogens with one attached hydrogen (secondary N) is 1. The second kappa shape index (κ2) is 5.96. The molecule has 4 nitrogen and oxygen atoms in total. The van der Waals surface area contributed by atoms with Crippen molar-refractivity contribution in [3.05, 3.63) is 29.6 Å². The van der Waals surface area contributed by atoms with E-state index in [0.29, 0.717) is 11.7 Å². The van der Waals surface area contributed by atoms with Gasteiger partial charge in [-0.25, -0.2) is 0 Å². The van der Waals surface area contributed by atoms with Crippen LogP contribution in [0.2, 0.25) is 0 Å². The van der Waals surface area contributed by atoms with Crippen LogP contribution in [0.15, 0.2) is 18.3 Å². The molecular formula is C14H22N4. The maximum absolute atomic E-state index is 7.58. The van der Waals surface area contributed by atoms with E-state index in [1.54, 1.807) is 6.20 Å². The molecule has 0 aromatic carbocycles. The third-order valence-electron chi connectivity index (χ3n) is 3.77. The van der Waals surface area contributed by atoms with Crippen LogP contribution in [0.4, 0.5) is 0 Å². The van der Waals surface area contributed by atoms with Gasteiger partial charge < -0.3 is 5.73 Å². The molecule has 18 heavy (non-hydrogen) atoms. The molecule has 0 aliphatic heterocycles. The van der Waals surface area contributed by atoms with Crippen LogP contribution in [0.5, 0.6) is 0 Å². The van der Waals surface area contributed by atoms with E-state index in [-0.39, 0.29) is 5.84 Å². The number of nitrogen functional groups attached to an aromatic ring is 1. The Labute approximate surface area is 109 Å². The fraction of sp³-hybridized carbons (Fsp3) is 0.571. The van der Waals surface area contributed by atoms with Gasteiger partial charge in [-0.3, -0.25) is 15.3 Å². The molecule has 0 unspecified atom stereocenters. The second-order valence-electron chi connectivity index (χ2n) is 4.93. The first-order valence-corrected chi connectivity index (χ1v) is 6.74. The molecule has 0 atom stereocenters. The molecule has 1 aliphatic carbocycles. The van der Waals surface area contributed by atoms with Crippen LogP contribution in [0.1, 0.15) is 43.9 Å². The van der Waals surface area contributed by atoms with Crippen molar-refractivity contribution in [1.82, 2.24) is 9.88 Å². The molecule has 2 rings (SSSR count). The fourth-order valence-electron chi connectivity index (χ4n) is 2.80. The van der Waals surface area contributed by atoms with Crippen LogP contribution in [-0.4, -0.2) is 28.3 Å². The molecule has 1 aliphatic rings. The summed E-state index contributed by atoms with van der Waals surface area (Å²) in [6.45, 7) is 4.09. The minimum Gasteiger partial charge on any atom is -0.382 e. The summed E-state index contributed by atoms with van der Waals surface area (Å²) in [4.78, 5) is 6.70. The molecule has 1 aromatic heterocycles. The van der Waals surface area contributed by atoms with Gasteiger partial charge in [0.1, 0.15) is 11.5 Å². The number of pyridine rings is 1. The van der Waals surface area contributed by atoms with Crippen molar-refractivity contribution in [3.63, 3.8) is 0 Å². The van der Waals surface area contributed by atoms with Gasteiger partial charge in [0.2, 0.25) is 0 Å². The van der Waals surface area contributed by atoms with E-state index in [4.69, 9.17) is 11.1 Å². The molecule has 1 heterocycles. The molecule has 0 radical (unpaired) electrons. The number of hydrogen-bond acceptors (Lipinski definition) is 3. The van der Waals surface area contributed by atoms with Crippen molar-refractivity contribution in [2.75, 3.05) is 6.54 Å². The summed E-state index contributed by atoms with van der Waals surface area (Å²) in [5.41, 5.74) is 7.29. The summed E-state index contributed by atoms with van der Waals surface area (Å²) in [6.07, 6.45) is 6.97. The van der Waals surface area contributed by atoms with Gasteiger partial charge in [0.05, 0.1) is 0 Å². The van der Waals surface area contributed by atoms with E-state index in [9.17, 15) is 0 Å². The minimum atomic E-state index is 0.0630. The summed E-state index contributed by atoms with van der Waals surface area (Å²) in [5, 5.41) is 7.58. The lowest BCUT2D eigenvalue weighted by molar-refractivity contribution is 0.200. The quantitative estimate of drug-likeness (QED) is 0.618. The first-order valence-electron chi connectivity index (χ1n) is 6.74. The number of nitrogens with two attached hydrogens (primary N) is 1. The molecule has 1 aromatic rings. The standard InChI is InChI=1S/C14H22N4/c1-2-18(12-7-3-4-8-12)10-11-6-5-9-17-13(11)14(15)16/h5-6,9,12H,2-4,7-8,10H2,1H3,(H3,15,16). The van der Waals surface area contributed by atoms with Gasteiger partial charge in [-0.05, 0) is 31.0 Å². The molecule has 0 bridgehead atoms. The Bertz CT molecular complexity index is 410. The summed E-state index contributed by atoms with van der Waals surface area (Å²) in [7, 11) is 0. The zero-order valence-corrected chi connectivity index (χ0v) is 11.0. The highest BCUT2D eigenvalue weighted by Gasteiger charge is 2.22. The van der Waals surface area contributed by atoms with Gasteiger partial charge >= 0.3 is 0 Å². The van der Waals surface area contributed by atoms with Crippen LogP contribution in [0, 0.1) is 5.41 Å². The Morgan fingerprint density at radius 2 is 2.22 bits per heavy atom. The molecule has 98 valence electrons. The van der Waals surface area contributed by atoms with Crippen LogP contribution in [0.3, 0.4) is 0 Å². The topological polar surface area (TPSA) is 66.0 Å². The van der Waals surface area contributed by atoms with Gasteiger partial charge in [-0.1, -0.05) is 25.8 Å². The Morgan fingerprint density at radius 1 is 1.50 bits per heavy atom. The number of hydrogen-bond donors (Lipinski definition) is 2. The summed E-state index contributed by atoms with van der Waals surface area (Å²) < 4.78 is 0. The molecule has 1 saturated carbocycles. The first-order chi connectivity index (χ1) is 8.72. The van der Waals surface area contributed by atoms with Crippen LogP contribution in [0.25, 0.3) is 0 Å². The Balaban J connectivity index is 2.13. The van der Waals surface area contributed by atoms with Crippen molar-refractivity contribution >= 4 is 5.84 Å². The van der Waals surface area contributed by atoms with Crippen molar-refractivity contribution in [3.8, 4) is 0 Å². The summed E-state index contributed by atoms with van der Waals surface area (Å²) >= 11 is 0. The number of amidine groups is 1. The number of aromatic nitrogens is 1. The maximum atomic E-state index is 7.58. The van der Waals surface area contributed by atoms with E-state index >= 15 is 0 Å².